The lowest BCUT2D eigenvalue weighted by atomic mass is 9.93. The highest BCUT2D eigenvalue weighted by Gasteiger charge is 2.17. The van der Waals surface area contributed by atoms with Crippen LogP contribution in [-0.4, -0.2) is 19.9 Å². The zero-order valence-corrected chi connectivity index (χ0v) is 32.6. The van der Waals surface area contributed by atoms with E-state index < -0.39 is 0 Å². The highest BCUT2D eigenvalue weighted by Crippen LogP contribution is 2.39. The average molecular weight is 765 g/mol. The molecule has 0 N–H and O–H groups in total. The molecule has 9 aromatic carbocycles. The molecule has 0 atom stereocenters. The molecule has 0 aliphatic heterocycles. The molecule has 0 aliphatic rings. The molecule has 11 aromatic rings. The third-order valence-corrected chi connectivity index (χ3v) is 11.3. The lowest BCUT2D eigenvalue weighted by molar-refractivity contribution is 1.07. The Bertz CT molecular complexity index is 3240. The van der Waals surface area contributed by atoms with Crippen LogP contribution in [0.5, 0.6) is 0 Å². The Hall–Kier alpha value is -8.08. The standard InChI is InChI=1S/C56H36N4/c1-4-14-37(15-5-1)43-21-12-23-46(34-43)55-58-54(59-56(60-55)47-24-13-22-44(35-47)38-16-6-2-7-17-38)42-28-26-41(27-29-42)53-49-32-30-40-20-10-11-25-48(40)52(49)50-36-45(31-33-51(50)57-53)39-18-8-3-9-19-39/h1-36H. The number of benzene rings is 9. The maximum absolute atomic E-state index is 5.35. The first-order chi connectivity index (χ1) is 29.7. The number of rotatable bonds is 7. The summed E-state index contributed by atoms with van der Waals surface area (Å²) < 4.78 is 0. The van der Waals surface area contributed by atoms with Crippen LogP contribution >= 0.6 is 0 Å². The Kier molecular flexibility index (Phi) is 8.79. The molecule has 280 valence electrons. The van der Waals surface area contributed by atoms with Gasteiger partial charge < -0.3 is 0 Å². The van der Waals surface area contributed by atoms with E-state index in [4.69, 9.17) is 19.9 Å². The predicted molar refractivity (Wildman–Crippen MR) is 248 cm³/mol. The van der Waals surface area contributed by atoms with Gasteiger partial charge in [0.05, 0.1) is 11.2 Å². The molecule has 2 heterocycles. The molecule has 2 aromatic heterocycles. The van der Waals surface area contributed by atoms with Crippen molar-refractivity contribution in [2.75, 3.05) is 0 Å². The van der Waals surface area contributed by atoms with Crippen molar-refractivity contribution < 1.29 is 0 Å². The summed E-state index contributed by atoms with van der Waals surface area (Å²) in [5, 5.41) is 5.87. The van der Waals surface area contributed by atoms with Crippen LogP contribution in [0.25, 0.3) is 111 Å². The van der Waals surface area contributed by atoms with Crippen LogP contribution < -0.4 is 0 Å². The summed E-state index contributed by atoms with van der Waals surface area (Å²) in [4.78, 5) is 20.7. The Labute approximate surface area is 348 Å². The summed E-state index contributed by atoms with van der Waals surface area (Å²) in [5.41, 5.74) is 12.5. The van der Waals surface area contributed by atoms with E-state index in [1.54, 1.807) is 0 Å². The third-order valence-electron chi connectivity index (χ3n) is 11.3. The summed E-state index contributed by atoms with van der Waals surface area (Å²) >= 11 is 0. The largest absolute Gasteiger partial charge is 0.247 e. The Morgan fingerprint density at radius 3 is 1.27 bits per heavy atom. The Balaban J connectivity index is 1.05. The van der Waals surface area contributed by atoms with Crippen LogP contribution in [0.1, 0.15) is 0 Å². The number of hydrogen-bond acceptors (Lipinski definition) is 4. The molecular weight excluding hydrogens is 729 g/mol. The van der Waals surface area contributed by atoms with Gasteiger partial charge in [-0.05, 0) is 68.4 Å². The van der Waals surface area contributed by atoms with Crippen LogP contribution in [0, 0.1) is 0 Å². The molecule has 0 bridgehead atoms. The molecule has 0 aliphatic carbocycles. The molecule has 60 heavy (non-hydrogen) atoms. The number of aromatic nitrogens is 4. The van der Waals surface area contributed by atoms with Crippen LogP contribution in [0.15, 0.2) is 218 Å². The minimum absolute atomic E-state index is 0.604. The van der Waals surface area contributed by atoms with Crippen molar-refractivity contribution >= 4 is 32.4 Å². The molecule has 0 amide bonds. The van der Waals surface area contributed by atoms with Crippen LogP contribution in [-0.2, 0) is 0 Å². The Morgan fingerprint density at radius 1 is 0.233 bits per heavy atom. The number of fused-ring (bicyclic) bond motifs is 5. The second-order valence-electron chi connectivity index (χ2n) is 15.0. The van der Waals surface area contributed by atoms with Crippen molar-refractivity contribution in [2.45, 2.75) is 0 Å². The van der Waals surface area contributed by atoms with Crippen molar-refractivity contribution in [3.05, 3.63) is 218 Å². The first-order valence-electron chi connectivity index (χ1n) is 20.2. The minimum atomic E-state index is 0.604. The monoisotopic (exact) mass is 764 g/mol. The highest BCUT2D eigenvalue weighted by atomic mass is 15.0. The fraction of sp³-hybridized carbons (Fsp3) is 0. The van der Waals surface area contributed by atoms with E-state index in [0.717, 1.165) is 66.5 Å². The van der Waals surface area contributed by atoms with Crippen molar-refractivity contribution in [2.24, 2.45) is 0 Å². The summed E-state index contributed by atoms with van der Waals surface area (Å²) in [7, 11) is 0. The minimum Gasteiger partial charge on any atom is -0.247 e. The summed E-state index contributed by atoms with van der Waals surface area (Å²) in [5.74, 6) is 1.84. The van der Waals surface area contributed by atoms with Crippen molar-refractivity contribution in [3.8, 4) is 78.8 Å². The van der Waals surface area contributed by atoms with Gasteiger partial charge >= 0.3 is 0 Å². The van der Waals surface area contributed by atoms with Gasteiger partial charge in [-0.1, -0.05) is 194 Å². The third kappa shape index (κ3) is 6.56. The Morgan fingerprint density at radius 2 is 0.683 bits per heavy atom. The molecule has 4 nitrogen and oxygen atoms in total. The zero-order valence-electron chi connectivity index (χ0n) is 32.6. The number of hydrogen-bond donors (Lipinski definition) is 0. The van der Waals surface area contributed by atoms with Gasteiger partial charge in [0.25, 0.3) is 0 Å². The van der Waals surface area contributed by atoms with E-state index >= 15 is 0 Å². The van der Waals surface area contributed by atoms with E-state index in [0.29, 0.717) is 17.5 Å². The first-order valence-corrected chi connectivity index (χ1v) is 20.2. The SMILES string of the molecule is c1ccc(-c2cccc(-c3nc(-c4ccc(-c5nc6ccc(-c7ccccc7)cc6c6c5ccc5ccccc56)cc4)nc(-c4cccc(-c5ccccc5)c4)n3)c2)cc1. The van der Waals surface area contributed by atoms with Crippen molar-refractivity contribution in [1.29, 1.82) is 0 Å². The van der Waals surface area contributed by atoms with Gasteiger partial charge in [-0.25, -0.2) is 19.9 Å². The molecule has 4 heteroatoms. The smallest absolute Gasteiger partial charge is 0.164 e. The van der Waals surface area contributed by atoms with Gasteiger partial charge in [0.1, 0.15) is 0 Å². The van der Waals surface area contributed by atoms with Gasteiger partial charge in [-0.2, -0.15) is 0 Å². The van der Waals surface area contributed by atoms with E-state index in [1.807, 2.05) is 12.1 Å². The van der Waals surface area contributed by atoms with E-state index in [1.165, 1.54) is 27.3 Å². The molecule has 0 radical (unpaired) electrons. The molecule has 0 saturated carbocycles. The molecular formula is C56H36N4. The lowest BCUT2D eigenvalue weighted by Crippen LogP contribution is -2.00. The van der Waals surface area contributed by atoms with Crippen molar-refractivity contribution in [3.63, 3.8) is 0 Å². The quantitative estimate of drug-likeness (QED) is 0.152. The summed E-state index contributed by atoms with van der Waals surface area (Å²) in [6, 6.07) is 76.4. The fourth-order valence-corrected chi connectivity index (χ4v) is 8.28. The maximum Gasteiger partial charge on any atom is 0.164 e. The highest BCUT2D eigenvalue weighted by molar-refractivity contribution is 6.22. The zero-order chi connectivity index (χ0) is 39.8. The summed E-state index contributed by atoms with van der Waals surface area (Å²) in [6.45, 7) is 0. The normalized spacial score (nSPS) is 11.3. The second kappa shape index (κ2) is 15.0. The van der Waals surface area contributed by atoms with Crippen LogP contribution in [0.3, 0.4) is 0 Å². The predicted octanol–water partition coefficient (Wildman–Crippen LogP) is 14.4. The molecule has 0 spiro atoms. The number of nitrogens with zero attached hydrogens (tertiary/aromatic N) is 4. The van der Waals surface area contributed by atoms with Gasteiger partial charge in [0, 0.05) is 38.4 Å². The molecule has 0 unspecified atom stereocenters. The van der Waals surface area contributed by atoms with Crippen LogP contribution in [0.2, 0.25) is 0 Å². The van der Waals surface area contributed by atoms with Crippen molar-refractivity contribution in [1.82, 2.24) is 19.9 Å². The summed E-state index contributed by atoms with van der Waals surface area (Å²) in [6.07, 6.45) is 0. The lowest BCUT2D eigenvalue weighted by Gasteiger charge is -2.14. The average Bonchev–Trinajstić information content (AvgIpc) is 3.34. The fourth-order valence-electron chi connectivity index (χ4n) is 8.28. The van der Waals surface area contributed by atoms with E-state index in [-0.39, 0.29) is 0 Å². The van der Waals surface area contributed by atoms with Gasteiger partial charge in [-0.3, -0.25) is 0 Å². The molecule has 0 fully saturated rings. The van der Waals surface area contributed by atoms with E-state index in [9.17, 15) is 0 Å². The van der Waals surface area contributed by atoms with Crippen LogP contribution in [0.4, 0.5) is 0 Å². The van der Waals surface area contributed by atoms with Gasteiger partial charge in [-0.15, -0.1) is 0 Å². The van der Waals surface area contributed by atoms with E-state index in [2.05, 4.69) is 206 Å². The second-order valence-corrected chi connectivity index (χ2v) is 15.0. The first kappa shape index (κ1) is 35.1. The van der Waals surface area contributed by atoms with Gasteiger partial charge in [0.15, 0.2) is 17.5 Å². The molecule has 11 rings (SSSR count). The topological polar surface area (TPSA) is 51.6 Å². The number of pyridine rings is 1. The maximum atomic E-state index is 5.35. The van der Waals surface area contributed by atoms with Gasteiger partial charge in [0.2, 0.25) is 0 Å². The molecule has 0 saturated heterocycles.